The highest BCUT2D eigenvalue weighted by Crippen LogP contribution is 2.26. The van der Waals surface area contributed by atoms with Crippen LogP contribution in [0, 0.1) is 0 Å². The molecule has 0 saturated heterocycles. The molecule has 0 unspecified atom stereocenters. The second-order valence-electron chi connectivity index (χ2n) is 4.99. The highest BCUT2D eigenvalue weighted by molar-refractivity contribution is 7.17. The number of hydrogen-bond acceptors (Lipinski definition) is 5. The number of rotatable bonds is 5. The Balaban J connectivity index is 1.79. The van der Waals surface area contributed by atoms with Gasteiger partial charge >= 0.3 is 0 Å². The number of aryl methyl sites for hydroxylation is 1. The highest BCUT2D eigenvalue weighted by Gasteiger charge is 2.19. The summed E-state index contributed by atoms with van der Waals surface area (Å²) in [5, 5.41) is 4.19. The predicted octanol–water partition coefficient (Wildman–Crippen LogP) is 3.75. The molecule has 2 aromatic heterocycles. The van der Waals surface area contributed by atoms with Crippen molar-refractivity contribution in [3.05, 3.63) is 63.9 Å². The first kappa shape index (κ1) is 16.5. The second-order valence-corrected chi connectivity index (χ2v) is 6.40. The van der Waals surface area contributed by atoms with Gasteiger partial charge in [0.1, 0.15) is 4.88 Å². The molecule has 122 valence electrons. The molecule has 3 rings (SSSR count). The lowest BCUT2D eigenvalue weighted by Gasteiger charge is -2.06. The number of hydrogen-bond donors (Lipinski definition) is 1. The molecule has 0 bridgehead atoms. The number of halogens is 1. The van der Waals surface area contributed by atoms with E-state index in [1.54, 1.807) is 24.5 Å². The van der Waals surface area contributed by atoms with E-state index in [1.165, 1.54) is 11.3 Å². The largest absolute Gasteiger partial charge is 0.347 e. The fourth-order valence-corrected chi connectivity index (χ4v) is 3.39. The van der Waals surface area contributed by atoms with E-state index in [1.807, 2.05) is 25.1 Å². The van der Waals surface area contributed by atoms with E-state index < -0.39 is 0 Å². The molecule has 0 fully saturated rings. The molecule has 3 aromatic rings. The number of thiazole rings is 1. The molecular formula is C17H15ClN4OS. The predicted molar refractivity (Wildman–Crippen MR) is 95.1 cm³/mol. The van der Waals surface area contributed by atoms with Crippen molar-refractivity contribution in [1.29, 1.82) is 0 Å². The summed E-state index contributed by atoms with van der Waals surface area (Å²) in [6, 6.07) is 9.19. The topological polar surface area (TPSA) is 67.8 Å². The zero-order valence-corrected chi connectivity index (χ0v) is 14.6. The van der Waals surface area contributed by atoms with E-state index in [-0.39, 0.29) is 5.91 Å². The zero-order chi connectivity index (χ0) is 16.9. The minimum Gasteiger partial charge on any atom is -0.347 e. The number of carbonyl (C=O) groups is 1. The molecule has 0 atom stereocenters. The van der Waals surface area contributed by atoms with Gasteiger partial charge in [-0.05, 0) is 24.1 Å². The SMILES string of the molecule is CCc1nc(-c2ncccn2)sc1C(=O)NCc1ccccc1Cl. The molecule has 0 radical (unpaired) electrons. The Morgan fingerprint density at radius 1 is 1.21 bits per heavy atom. The Labute approximate surface area is 148 Å². The molecule has 24 heavy (non-hydrogen) atoms. The lowest BCUT2D eigenvalue weighted by Crippen LogP contribution is -2.23. The number of carbonyl (C=O) groups excluding carboxylic acids is 1. The van der Waals surface area contributed by atoms with Crippen LogP contribution in [0.3, 0.4) is 0 Å². The van der Waals surface area contributed by atoms with Crippen LogP contribution in [0.1, 0.15) is 27.9 Å². The maximum atomic E-state index is 12.5. The van der Waals surface area contributed by atoms with Crippen LogP contribution in [0.4, 0.5) is 0 Å². The fraction of sp³-hybridized carbons (Fsp3) is 0.176. The maximum absolute atomic E-state index is 12.5. The minimum atomic E-state index is -0.161. The van der Waals surface area contributed by atoms with E-state index in [0.717, 1.165) is 11.3 Å². The van der Waals surface area contributed by atoms with E-state index >= 15 is 0 Å². The van der Waals surface area contributed by atoms with Gasteiger partial charge in [0.2, 0.25) is 0 Å². The Morgan fingerprint density at radius 2 is 1.96 bits per heavy atom. The van der Waals surface area contributed by atoms with Crippen LogP contribution < -0.4 is 5.32 Å². The summed E-state index contributed by atoms with van der Waals surface area (Å²) in [7, 11) is 0. The van der Waals surface area contributed by atoms with Crippen LogP contribution in [0.2, 0.25) is 5.02 Å². The number of aromatic nitrogens is 3. The van der Waals surface area contributed by atoms with E-state index in [4.69, 9.17) is 11.6 Å². The van der Waals surface area contributed by atoms with Crippen LogP contribution in [0.15, 0.2) is 42.7 Å². The molecule has 0 aliphatic heterocycles. The third-order valence-electron chi connectivity index (χ3n) is 3.39. The van der Waals surface area contributed by atoms with Gasteiger partial charge in [0.25, 0.3) is 5.91 Å². The number of amides is 1. The van der Waals surface area contributed by atoms with Crippen LogP contribution >= 0.6 is 22.9 Å². The zero-order valence-electron chi connectivity index (χ0n) is 13.0. The van der Waals surface area contributed by atoms with Gasteiger partial charge < -0.3 is 5.32 Å². The quantitative estimate of drug-likeness (QED) is 0.754. The first-order valence-electron chi connectivity index (χ1n) is 7.47. The molecule has 1 N–H and O–H groups in total. The van der Waals surface area contributed by atoms with Gasteiger partial charge in [-0.15, -0.1) is 11.3 Å². The maximum Gasteiger partial charge on any atom is 0.263 e. The Bertz CT molecular complexity index is 851. The molecule has 1 aromatic carbocycles. The molecule has 0 aliphatic carbocycles. The first-order chi connectivity index (χ1) is 11.7. The summed E-state index contributed by atoms with van der Waals surface area (Å²) >= 11 is 7.42. The minimum absolute atomic E-state index is 0.161. The van der Waals surface area contributed by atoms with Gasteiger partial charge in [-0.2, -0.15) is 0 Å². The van der Waals surface area contributed by atoms with Crippen LogP contribution in [0.5, 0.6) is 0 Å². The first-order valence-corrected chi connectivity index (χ1v) is 8.67. The van der Waals surface area contributed by atoms with Crippen molar-refractivity contribution >= 4 is 28.8 Å². The smallest absolute Gasteiger partial charge is 0.263 e. The fourth-order valence-electron chi connectivity index (χ4n) is 2.17. The second kappa shape index (κ2) is 7.51. The van der Waals surface area contributed by atoms with E-state index in [9.17, 15) is 4.79 Å². The number of nitrogens with one attached hydrogen (secondary N) is 1. The van der Waals surface area contributed by atoms with Gasteiger partial charge in [0, 0.05) is 24.0 Å². The van der Waals surface area contributed by atoms with Crippen LogP contribution in [-0.2, 0) is 13.0 Å². The monoisotopic (exact) mass is 358 g/mol. The average molecular weight is 359 g/mol. The third kappa shape index (κ3) is 3.60. The van der Waals surface area contributed by atoms with Crippen molar-refractivity contribution in [2.75, 3.05) is 0 Å². The molecular weight excluding hydrogens is 344 g/mol. The molecule has 0 saturated carbocycles. The van der Waals surface area contributed by atoms with Crippen LogP contribution in [0.25, 0.3) is 10.8 Å². The molecule has 1 amide bonds. The van der Waals surface area contributed by atoms with Crippen molar-refractivity contribution in [2.45, 2.75) is 19.9 Å². The number of nitrogens with zero attached hydrogens (tertiary/aromatic N) is 3. The van der Waals surface area contributed by atoms with Gasteiger partial charge in [0.15, 0.2) is 10.8 Å². The standard InChI is InChI=1S/C17H15ClN4OS/c1-2-13-14(24-17(22-13)15-19-8-5-9-20-15)16(23)21-10-11-6-3-4-7-12(11)18/h3-9H,2,10H2,1H3,(H,21,23). The van der Waals surface area contributed by atoms with Gasteiger partial charge in [-0.3, -0.25) is 4.79 Å². The van der Waals surface area contributed by atoms with E-state index in [2.05, 4.69) is 20.3 Å². The summed E-state index contributed by atoms with van der Waals surface area (Å²) in [5.74, 6) is 0.369. The molecule has 5 nitrogen and oxygen atoms in total. The highest BCUT2D eigenvalue weighted by atomic mass is 35.5. The lowest BCUT2D eigenvalue weighted by atomic mass is 10.2. The summed E-state index contributed by atoms with van der Waals surface area (Å²) in [6.07, 6.45) is 3.98. The Hall–Kier alpha value is -2.31. The van der Waals surface area contributed by atoms with Crippen LogP contribution in [-0.4, -0.2) is 20.9 Å². The number of benzene rings is 1. The summed E-state index contributed by atoms with van der Waals surface area (Å²) in [4.78, 5) is 26.0. The summed E-state index contributed by atoms with van der Waals surface area (Å²) < 4.78 is 0. The van der Waals surface area contributed by atoms with Crippen molar-refractivity contribution in [2.24, 2.45) is 0 Å². The summed E-state index contributed by atoms with van der Waals surface area (Å²) in [5.41, 5.74) is 1.63. The molecule has 2 heterocycles. The Kier molecular flexibility index (Phi) is 5.17. The Morgan fingerprint density at radius 3 is 2.67 bits per heavy atom. The average Bonchev–Trinajstić information content (AvgIpc) is 3.06. The van der Waals surface area contributed by atoms with Gasteiger partial charge in [-0.25, -0.2) is 15.0 Å². The van der Waals surface area contributed by atoms with Crippen molar-refractivity contribution in [3.63, 3.8) is 0 Å². The summed E-state index contributed by atoms with van der Waals surface area (Å²) in [6.45, 7) is 2.34. The molecule has 0 aliphatic rings. The van der Waals surface area contributed by atoms with Crippen molar-refractivity contribution in [3.8, 4) is 10.8 Å². The molecule has 7 heteroatoms. The van der Waals surface area contributed by atoms with Crippen molar-refractivity contribution < 1.29 is 4.79 Å². The van der Waals surface area contributed by atoms with Gasteiger partial charge in [-0.1, -0.05) is 36.7 Å². The normalized spacial score (nSPS) is 10.6. The van der Waals surface area contributed by atoms with Crippen molar-refractivity contribution in [1.82, 2.24) is 20.3 Å². The molecule has 0 spiro atoms. The van der Waals surface area contributed by atoms with E-state index in [0.29, 0.717) is 33.7 Å². The third-order valence-corrected chi connectivity index (χ3v) is 4.85. The van der Waals surface area contributed by atoms with Gasteiger partial charge in [0.05, 0.1) is 5.69 Å². The lowest BCUT2D eigenvalue weighted by molar-refractivity contribution is 0.0954.